The Bertz CT molecular complexity index is 468. The molecule has 0 aliphatic heterocycles. The second-order valence-corrected chi connectivity index (χ2v) is 6.21. The van der Waals surface area contributed by atoms with E-state index in [1.807, 2.05) is 6.92 Å². The summed E-state index contributed by atoms with van der Waals surface area (Å²) in [5.41, 5.74) is 0.568. The third-order valence-corrected chi connectivity index (χ3v) is 4.09. The first-order valence-electron chi connectivity index (χ1n) is 5.37. The molecule has 0 amide bonds. The van der Waals surface area contributed by atoms with Gasteiger partial charge in [-0.3, -0.25) is 14.3 Å². The van der Waals surface area contributed by atoms with Crippen molar-refractivity contribution in [3.63, 3.8) is 0 Å². The van der Waals surface area contributed by atoms with E-state index in [4.69, 9.17) is 11.6 Å². The highest BCUT2D eigenvalue weighted by molar-refractivity contribution is 7.84. The molecule has 0 spiro atoms. The van der Waals surface area contributed by atoms with Gasteiger partial charge in [-0.05, 0) is 19.1 Å². The van der Waals surface area contributed by atoms with E-state index in [1.54, 1.807) is 18.4 Å². The Balaban J connectivity index is 2.67. The molecule has 0 fully saturated rings. The van der Waals surface area contributed by atoms with Crippen LogP contribution in [0.25, 0.3) is 0 Å². The molecule has 18 heavy (non-hydrogen) atoms. The molecule has 5 nitrogen and oxygen atoms in total. The molecule has 0 heterocycles. The molecule has 0 aliphatic rings. The Morgan fingerprint density at radius 3 is 2.78 bits per heavy atom. The van der Waals surface area contributed by atoms with Crippen LogP contribution in [0.5, 0.6) is 0 Å². The van der Waals surface area contributed by atoms with E-state index in [2.05, 4.69) is 5.32 Å². The lowest BCUT2D eigenvalue weighted by Gasteiger charge is -2.10. The lowest BCUT2D eigenvalue weighted by molar-refractivity contribution is -0.385. The van der Waals surface area contributed by atoms with Crippen LogP contribution in [0, 0.1) is 10.1 Å². The van der Waals surface area contributed by atoms with Crippen molar-refractivity contribution in [2.45, 2.75) is 18.7 Å². The van der Waals surface area contributed by atoms with Crippen molar-refractivity contribution in [3.05, 3.63) is 38.9 Å². The normalized spacial score (nSPS) is 14.2. The summed E-state index contributed by atoms with van der Waals surface area (Å²) in [5.74, 6) is 0. The van der Waals surface area contributed by atoms with Crippen LogP contribution in [0.4, 0.5) is 5.69 Å². The fourth-order valence-corrected chi connectivity index (χ4v) is 1.90. The maximum Gasteiger partial charge on any atom is 0.275 e. The minimum atomic E-state index is -0.903. The first kappa shape index (κ1) is 15.1. The molecule has 0 radical (unpaired) electrons. The SMILES string of the molecule is CC(CNCc1ccc(Cl)cc1[N+](=O)[O-])S(C)=O. The molecule has 0 saturated carbocycles. The van der Waals surface area contributed by atoms with Crippen LogP contribution in [0.15, 0.2) is 18.2 Å². The molecular weight excluding hydrogens is 276 g/mol. The van der Waals surface area contributed by atoms with Gasteiger partial charge in [0.2, 0.25) is 0 Å². The zero-order valence-corrected chi connectivity index (χ0v) is 11.8. The summed E-state index contributed by atoms with van der Waals surface area (Å²) in [7, 11) is -0.903. The molecule has 100 valence electrons. The highest BCUT2D eigenvalue weighted by Crippen LogP contribution is 2.22. The molecule has 0 aromatic heterocycles. The standard InChI is InChI=1S/C11H15ClN2O3S/c1-8(18(2)17)6-13-7-9-3-4-10(12)5-11(9)14(15)16/h3-5,8,13H,6-7H2,1-2H3. The molecule has 1 N–H and O–H groups in total. The Morgan fingerprint density at radius 1 is 1.56 bits per heavy atom. The predicted molar refractivity (Wildman–Crippen MR) is 73.3 cm³/mol. The minimum absolute atomic E-state index is 0.000254. The lowest BCUT2D eigenvalue weighted by Crippen LogP contribution is -2.27. The van der Waals surface area contributed by atoms with E-state index in [0.29, 0.717) is 23.7 Å². The van der Waals surface area contributed by atoms with Crippen molar-refractivity contribution in [2.75, 3.05) is 12.8 Å². The summed E-state index contributed by atoms with van der Waals surface area (Å²) in [4.78, 5) is 10.4. The monoisotopic (exact) mass is 290 g/mol. The first-order chi connectivity index (χ1) is 8.41. The summed E-state index contributed by atoms with van der Waals surface area (Å²) in [6.45, 7) is 2.76. The second-order valence-electron chi connectivity index (χ2n) is 3.97. The average Bonchev–Trinajstić information content (AvgIpc) is 2.30. The molecule has 7 heteroatoms. The molecule has 2 atom stereocenters. The number of hydrogen-bond donors (Lipinski definition) is 1. The third kappa shape index (κ3) is 4.36. The van der Waals surface area contributed by atoms with Gasteiger partial charge in [0, 0.05) is 52.0 Å². The number of nitrogens with one attached hydrogen (secondary N) is 1. The van der Waals surface area contributed by atoms with Gasteiger partial charge in [-0.15, -0.1) is 0 Å². The number of nitro groups is 1. The largest absolute Gasteiger partial charge is 0.311 e. The zero-order chi connectivity index (χ0) is 13.7. The van der Waals surface area contributed by atoms with Crippen molar-refractivity contribution in [2.24, 2.45) is 0 Å². The number of benzene rings is 1. The van der Waals surface area contributed by atoms with Crippen LogP contribution in [0.2, 0.25) is 5.02 Å². The topological polar surface area (TPSA) is 72.2 Å². The van der Waals surface area contributed by atoms with Crippen molar-refractivity contribution in [3.8, 4) is 0 Å². The number of nitro benzene ring substituents is 1. The molecule has 0 aliphatic carbocycles. The van der Waals surface area contributed by atoms with E-state index in [9.17, 15) is 14.3 Å². The number of nitrogens with zero attached hydrogens (tertiary/aromatic N) is 1. The minimum Gasteiger partial charge on any atom is -0.311 e. The summed E-state index contributed by atoms with van der Waals surface area (Å²) >= 11 is 5.72. The van der Waals surface area contributed by atoms with Gasteiger partial charge in [0.25, 0.3) is 5.69 Å². The van der Waals surface area contributed by atoms with E-state index >= 15 is 0 Å². The molecule has 1 rings (SSSR count). The van der Waals surface area contributed by atoms with Crippen molar-refractivity contribution >= 4 is 28.1 Å². The molecular formula is C11H15ClN2O3S. The Kier molecular flexibility index (Phi) is 5.71. The fraction of sp³-hybridized carbons (Fsp3) is 0.455. The summed E-state index contributed by atoms with van der Waals surface area (Å²) < 4.78 is 11.2. The lowest BCUT2D eigenvalue weighted by atomic mass is 10.2. The fourth-order valence-electron chi connectivity index (χ4n) is 1.38. The number of rotatable bonds is 6. The smallest absolute Gasteiger partial charge is 0.275 e. The molecule has 0 bridgehead atoms. The Labute approximate surface area is 113 Å². The van der Waals surface area contributed by atoms with Crippen LogP contribution < -0.4 is 5.32 Å². The molecule has 2 unspecified atom stereocenters. The van der Waals surface area contributed by atoms with Crippen LogP contribution >= 0.6 is 11.6 Å². The van der Waals surface area contributed by atoms with Gasteiger partial charge in [0.05, 0.1) is 4.92 Å². The van der Waals surface area contributed by atoms with Gasteiger partial charge < -0.3 is 5.32 Å². The van der Waals surface area contributed by atoms with Gasteiger partial charge in [0.15, 0.2) is 0 Å². The van der Waals surface area contributed by atoms with Crippen LogP contribution in [0.1, 0.15) is 12.5 Å². The zero-order valence-electron chi connectivity index (χ0n) is 10.2. The maximum atomic E-state index is 11.2. The first-order valence-corrected chi connectivity index (χ1v) is 7.37. The maximum absolute atomic E-state index is 11.2. The average molecular weight is 291 g/mol. The van der Waals surface area contributed by atoms with Crippen LogP contribution in [-0.2, 0) is 17.3 Å². The third-order valence-electron chi connectivity index (χ3n) is 2.56. The molecule has 1 aromatic rings. The highest BCUT2D eigenvalue weighted by Gasteiger charge is 2.14. The van der Waals surface area contributed by atoms with Crippen LogP contribution in [-0.4, -0.2) is 27.2 Å². The van der Waals surface area contributed by atoms with E-state index in [1.165, 1.54) is 6.07 Å². The van der Waals surface area contributed by atoms with Crippen molar-refractivity contribution in [1.29, 1.82) is 0 Å². The van der Waals surface area contributed by atoms with Gasteiger partial charge in [-0.1, -0.05) is 11.6 Å². The second kappa shape index (κ2) is 6.82. The predicted octanol–water partition coefficient (Wildman–Crippen LogP) is 2.10. The molecule has 0 saturated heterocycles. The summed E-state index contributed by atoms with van der Waals surface area (Å²) in [5, 5.41) is 14.3. The quantitative estimate of drug-likeness (QED) is 0.643. The molecule has 1 aromatic carbocycles. The Morgan fingerprint density at radius 2 is 2.22 bits per heavy atom. The van der Waals surface area contributed by atoms with Gasteiger partial charge in [-0.25, -0.2) is 0 Å². The van der Waals surface area contributed by atoms with E-state index in [0.717, 1.165) is 0 Å². The van der Waals surface area contributed by atoms with Crippen molar-refractivity contribution in [1.82, 2.24) is 5.32 Å². The van der Waals surface area contributed by atoms with Gasteiger partial charge in [0.1, 0.15) is 0 Å². The highest BCUT2D eigenvalue weighted by atomic mass is 35.5. The van der Waals surface area contributed by atoms with Gasteiger partial charge in [-0.2, -0.15) is 0 Å². The van der Waals surface area contributed by atoms with E-state index < -0.39 is 15.7 Å². The van der Waals surface area contributed by atoms with Crippen molar-refractivity contribution < 1.29 is 9.13 Å². The number of halogens is 1. The van der Waals surface area contributed by atoms with Gasteiger partial charge >= 0.3 is 0 Å². The van der Waals surface area contributed by atoms with Crippen LogP contribution in [0.3, 0.4) is 0 Å². The number of hydrogen-bond acceptors (Lipinski definition) is 4. The Hall–Kier alpha value is -0.980. The summed E-state index contributed by atoms with van der Waals surface area (Å²) in [6, 6.07) is 4.58. The summed E-state index contributed by atoms with van der Waals surface area (Å²) in [6.07, 6.45) is 1.64. The van der Waals surface area contributed by atoms with E-state index in [-0.39, 0.29) is 10.9 Å².